The van der Waals surface area contributed by atoms with Crippen molar-refractivity contribution in [3.63, 3.8) is 0 Å². The lowest BCUT2D eigenvalue weighted by atomic mass is 9.96. The van der Waals surface area contributed by atoms with Crippen LogP contribution < -0.4 is 20.1 Å². The Kier molecular flexibility index (Phi) is 6.89. The van der Waals surface area contributed by atoms with E-state index in [0.29, 0.717) is 18.1 Å². The van der Waals surface area contributed by atoms with Crippen LogP contribution >= 0.6 is 11.8 Å². The average Bonchev–Trinajstić information content (AvgIpc) is 2.75. The van der Waals surface area contributed by atoms with E-state index in [2.05, 4.69) is 10.6 Å². The second-order valence-electron chi connectivity index (χ2n) is 6.93. The molecule has 10 heteroatoms. The van der Waals surface area contributed by atoms with E-state index in [-0.39, 0.29) is 23.5 Å². The smallest absolute Gasteiger partial charge is 0.327 e. The number of imide groups is 1. The van der Waals surface area contributed by atoms with Crippen LogP contribution in [0, 0.1) is 5.92 Å². The number of ether oxygens (including phenoxy) is 3. The lowest BCUT2D eigenvalue weighted by molar-refractivity contribution is -0.140. The van der Waals surface area contributed by atoms with Crippen LogP contribution in [0.25, 0.3) is 0 Å². The Bertz CT molecular complexity index is 764. The van der Waals surface area contributed by atoms with Crippen LogP contribution in [-0.2, 0) is 9.53 Å². The third-order valence-electron chi connectivity index (χ3n) is 5.28. The Labute approximate surface area is 175 Å². The van der Waals surface area contributed by atoms with E-state index < -0.39 is 12.1 Å². The van der Waals surface area contributed by atoms with E-state index in [1.54, 1.807) is 45.0 Å². The molecular formula is C19H28N4O5S. The predicted octanol–water partition coefficient (Wildman–Crippen LogP) is 1.07. The van der Waals surface area contributed by atoms with Gasteiger partial charge >= 0.3 is 6.03 Å². The molecule has 1 aromatic rings. The molecule has 0 saturated carbocycles. The predicted molar refractivity (Wildman–Crippen MR) is 110 cm³/mol. The Morgan fingerprint density at radius 3 is 2.45 bits per heavy atom. The molecular weight excluding hydrogens is 396 g/mol. The quantitative estimate of drug-likeness (QED) is 0.628. The molecule has 2 N–H and O–H groups in total. The Morgan fingerprint density at radius 2 is 1.79 bits per heavy atom. The topological polar surface area (TPSA) is 92.4 Å². The summed E-state index contributed by atoms with van der Waals surface area (Å²) in [5.41, 5.74) is 0.922. The molecule has 9 nitrogen and oxygen atoms in total. The average molecular weight is 425 g/mol. The zero-order valence-electron chi connectivity index (χ0n) is 17.3. The summed E-state index contributed by atoms with van der Waals surface area (Å²) in [6, 6.07) is 5.34. The van der Waals surface area contributed by atoms with Gasteiger partial charge in [0.1, 0.15) is 0 Å². The maximum atomic E-state index is 12.9. The van der Waals surface area contributed by atoms with E-state index in [1.165, 1.54) is 11.9 Å². The number of methoxy groups -OCH3 is 3. The molecule has 0 bridgehead atoms. The molecule has 3 rings (SSSR count). The molecule has 2 saturated heterocycles. The molecule has 4 unspecified atom stereocenters. The highest BCUT2D eigenvalue weighted by atomic mass is 32.2. The molecule has 29 heavy (non-hydrogen) atoms. The molecule has 0 aliphatic carbocycles. The summed E-state index contributed by atoms with van der Waals surface area (Å²) in [5, 5.41) is 6.74. The summed E-state index contributed by atoms with van der Waals surface area (Å²) in [7, 11) is 8.06. The van der Waals surface area contributed by atoms with E-state index in [1.807, 2.05) is 18.2 Å². The first-order valence-electron chi connectivity index (χ1n) is 9.31. The Morgan fingerprint density at radius 1 is 1.07 bits per heavy atom. The lowest BCUT2D eigenvalue weighted by Gasteiger charge is -2.50. The first-order valence-corrected chi connectivity index (χ1v) is 10.4. The molecule has 2 aliphatic rings. The highest BCUT2D eigenvalue weighted by Gasteiger charge is 2.51. The normalized spacial score (nSPS) is 27.1. The van der Waals surface area contributed by atoms with Gasteiger partial charge in [0.05, 0.1) is 44.4 Å². The number of amides is 3. The van der Waals surface area contributed by atoms with Crippen molar-refractivity contribution in [2.45, 2.75) is 17.7 Å². The highest BCUT2D eigenvalue weighted by Crippen LogP contribution is 2.36. The first kappa shape index (κ1) is 21.7. The summed E-state index contributed by atoms with van der Waals surface area (Å²) in [4.78, 5) is 28.2. The fourth-order valence-electron chi connectivity index (χ4n) is 3.68. The van der Waals surface area contributed by atoms with Gasteiger partial charge in [-0.3, -0.25) is 20.3 Å². The second kappa shape index (κ2) is 9.21. The largest absolute Gasteiger partial charge is 0.493 e. The third kappa shape index (κ3) is 4.16. The minimum Gasteiger partial charge on any atom is -0.493 e. The van der Waals surface area contributed by atoms with Crippen LogP contribution in [0.4, 0.5) is 4.79 Å². The van der Waals surface area contributed by atoms with Crippen LogP contribution in [0.3, 0.4) is 0 Å². The number of nitrogens with one attached hydrogen (secondary N) is 2. The zero-order valence-corrected chi connectivity index (χ0v) is 18.1. The molecule has 2 fully saturated rings. The number of urea groups is 1. The van der Waals surface area contributed by atoms with Gasteiger partial charge in [-0.25, -0.2) is 4.79 Å². The number of benzene rings is 1. The molecule has 0 aromatic heterocycles. The number of carbonyl (C=O) groups is 2. The fraction of sp³-hybridized carbons (Fsp3) is 0.579. The van der Waals surface area contributed by atoms with Crippen molar-refractivity contribution >= 4 is 23.7 Å². The summed E-state index contributed by atoms with van der Waals surface area (Å²) in [5.74, 6) is 1.37. The monoisotopic (exact) mass is 424 g/mol. The molecule has 0 spiro atoms. The van der Waals surface area contributed by atoms with Crippen LogP contribution in [-0.4, -0.2) is 81.1 Å². The molecule has 2 aliphatic heterocycles. The molecule has 0 radical (unpaired) electrons. The first-order chi connectivity index (χ1) is 13.9. The van der Waals surface area contributed by atoms with Crippen LogP contribution in [0.15, 0.2) is 18.2 Å². The van der Waals surface area contributed by atoms with Crippen molar-refractivity contribution in [3.05, 3.63) is 23.8 Å². The second-order valence-corrected chi connectivity index (χ2v) is 8.18. The van der Waals surface area contributed by atoms with Gasteiger partial charge in [0, 0.05) is 27.0 Å². The number of hydrogen-bond acceptors (Lipinski definition) is 8. The van der Waals surface area contributed by atoms with Gasteiger partial charge in [-0.1, -0.05) is 6.07 Å². The van der Waals surface area contributed by atoms with Crippen LogP contribution in [0.1, 0.15) is 11.7 Å². The molecule has 160 valence electrons. The van der Waals surface area contributed by atoms with Gasteiger partial charge in [-0.05, 0) is 17.7 Å². The third-order valence-corrected chi connectivity index (χ3v) is 6.47. The highest BCUT2D eigenvalue weighted by molar-refractivity contribution is 7.99. The molecule has 1 aromatic carbocycles. The van der Waals surface area contributed by atoms with Crippen molar-refractivity contribution in [1.29, 1.82) is 0 Å². The van der Waals surface area contributed by atoms with Crippen molar-refractivity contribution in [1.82, 2.24) is 20.4 Å². The van der Waals surface area contributed by atoms with Gasteiger partial charge in [-0.2, -0.15) is 0 Å². The number of rotatable bonds is 7. The number of thioether (sulfide) groups is 1. The molecule has 4 atom stereocenters. The van der Waals surface area contributed by atoms with Crippen molar-refractivity contribution < 1.29 is 23.8 Å². The van der Waals surface area contributed by atoms with Gasteiger partial charge in [-0.15, -0.1) is 11.8 Å². The Balaban J connectivity index is 1.91. The number of carbonyl (C=O) groups excluding carboxylic acids is 2. The maximum absolute atomic E-state index is 12.9. The summed E-state index contributed by atoms with van der Waals surface area (Å²) in [6.07, 6.45) is -0.701. The van der Waals surface area contributed by atoms with Crippen molar-refractivity contribution in [2.75, 3.05) is 47.8 Å². The van der Waals surface area contributed by atoms with Crippen molar-refractivity contribution in [3.8, 4) is 11.5 Å². The van der Waals surface area contributed by atoms with E-state index >= 15 is 0 Å². The van der Waals surface area contributed by atoms with Gasteiger partial charge in [0.15, 0.2) is 11.5 Å². The maximum Gasteiger partial charge on any atom is 0.327 e. The van der Waals surface area contributed by atoms with Gasteiger partial charge in [0.25, 0.3) is 0 Å². The minimum absolute atomic E-state index is 0.194. The lowest BCUT2D eigenvalue weighted by Crippen LogP contribution is -2.72. The standard InChI is InChI=1S/C19H28N4O5S/c1-22-16-14(18(24)23(2)19(22)25)17(29-9-8-26-3)21-15(20-16)11-6-7-12(27-4)13(10-11)28-5/h6-7,10,14-17,20-21H,8-9H2,1-5H3. The van der Waals surface area contributed by atoms with Gasteiger partial charge in [0.2, 0.25) is 5.91 Å². The molecule has 2 heterocycles. The molecule has 3 amide bonds. The van der Waals surface area contributed by atoms with E-state index in [0.717, 1.165) is 11.3 Å². The fourth-order valence-corrected chi connectivity index (χ4v) is 4.90. The van der Waals surface area contributed by atoms with Crippen LogP contribution in [0.2, 0.25) is 0 Å². The summed E-state index contributed by atoms with van der Waals surface area (Å²) in [6.45, 7) is 0.577. The van der Waals surface area contributed by atoms with E-state index in [9.17, 15) is 9.59 Å². The number of nitrogens with zero attached hydrogens (tertiary/aromatic N) is 2. The summed E-state index contributed by atoms with van der Waals surface area (Å²) >= 11 is 1.62. The zero-order chi connectivity index (χ0) is 21.1. The Hall–Kier alpha value is -2.01. The van der Waals surface area contributed by atoms with E-state index in [4.69, 9.17) is 14.2 Å². The summed E-state index contributed by atoms with van der Waals surface area (Å²) < 4.78 is 15.9. The number of fused-ring (bicyclic) bond motifs is 1. The number of hydrogen-bond donors (Lipinski definition) is 2. The van der Waals surface area contributed by atoms with Crippen LogP contribution in [0.5, 0.6) is 11.5 Å². The minimum atomic E-state index is -0.425. The van der Waals surface area contributed by atoms with Crippen molar-refractivity contribution in [2.24, 2.45) is 5.92 Å². The SMILES string of the molecule is COCCSC1NC(c2ccc(OC)c(OC)c2)NC2C1C(=O)N(C)C(=O)N2C. The van der Waals surface area contributed by atoms with Gasteiger partial charge < -0.3 is 19.1 Å².